The zero-order valence-electron chi connectivity index (χ0n) is 13.8. The topological polar surface area (TPSA) is 72.5 Å². The standard InChI is InChI=1S/C17H21N3O3S/c1-22-12-3-4-13(14(9-12)23-2)16(21)20-17-19-10-15(24-17)11-5-7-18-8-6-11/h3-4,9-11,18H,5-8H2,1-2H3,(H,19,20,21). The molecule has 0 bridgehead atoms. The summed E-state index contributed by atoms with van der Waals surface area (Å²) in [5, 5.41) is 6.84. The van der Waals surface area contributed by atoms with Gasteiger partial charge in [0, 0.05) is 17.1 Å². The van der Waals surface area contributed by atoms with Gasteiger partial charge < -0.3 is 14.8 Å². The SMILES string of the molecule is COc1ccc(C(=O)Nc2ncc(C3CCNCC3)s2)c(OC)c1. The predicted octanol–water partition coefficient (Wildman–Crippen LogP) is 2.88. The fourth-order valence-corrected chi connectivity index (χ4v) is 3.77. The Morgan fingerprint density at radius 1 is 1.29 bits per heavy atom. The average molecular weight is 347 g/mol. The van der Waals surface area contributed by atoms with Crippen LogP contribution in [0.25, 0.3) is 0 Å². The van der Waals surface area contributed by atoms with Gasteiger partial charge in [0.05, 0.1) is 19.8 Å². The monoisotopic (exact) mass is 347 g/mol. The summed E-state index contributed by atoms with van der Waals surface area (Å²) in [6, 6.07) is 5.12. The molecule has 1 aliphatic heterocycles. The summed E-state index contributed by atoms with van der Waals surface area (Å²) >= 11 is 1.55. The molecule has 128 valence electrons. The van der Waals surface area contributed by atoms with E-state index in [0.717, 1.165) is 25.9 Å². The van der Waals surface area contributed by atoms with Crippen LogP contribution in [0.3, 0.4) is 0 Å². The van der Waals surface area contributed by atoms with Gasteiger partial charge in [-0.1, -0.05) is 0 Å². The highest BCUT2D eigenvalue weighted by molar-refractivity contribution is 7.15. The molecule has 0 atom stereocenters. The minimum absolute atomic E-state index is 0.235. The molecule has 1 amide bonds. The average Bonchev–Trinajstić information content (AvgIpc) is 3.10. The Labute approximate surface area is 145 Å². The Kier molecular flexibility index (Phi) is 5.32. The normalized spacial score (nSPS) is 15.1. The molecule has 1 fully saturated rings. The second-order valence-corrected chi connectivity index (χ2v) is 6.67. The molecule has 24 heavy (non-hydrogen) atoms. The molecule has 1 aliphatic rings. The Hall–Kier alpha value is -2.12. The van der Waals surface area contributed by atoms with Crippen LogP contribution in [0.2, 0.25) is 0 Å². The van der Waals surface area contributed by atoms with Gasteiger partial charge in [-0.3, -0.25) is 10.1 Å². The number of carbonyl (C=O) groups is 1. The summed E-state index contributed by atoms with van der Waals surface area (Å²) in [4.78, 5) is 18.1. The first kappa shape index (κ1) is 16.7. The van der Waals surface area contributed by atoms with Gasteiger partial charge in [0.2, 0.25) is 0 Å². The van der Waals surface area contributed by atoms with Crippen LogP contribution in [-0.4, -0.2) is 38.2 Å². The van der Waals surface area contributed by atoms with Gasteiger partial charge in [0.25, 0.3) is 5.91 Å². The molecule has 6 nitrogen and oxygen atoms in total. The molecular weight excluding hydrogens is 326 g/mol. The van der Waals surface area contributed by atoms with Crippen LogP contribution < -0.4 is 20.1 Å². The molecule has 0 aliphatic carbocycles. The molecule has 0 unspecified atom stereocenters. The number of hydrogen-bond acceptors (Lipinski definition) is 6. The van der Waals surface area contributed by atoms with Crippen LogP contribution in [0.4, 0.5) is 5.13 Å². The lowest BCUT2D eigenvalue weighted by Gasteiger charge is -2.20. The summed E-state index contributed by atoms with van der Waals surface area (Å²) in [6.07, 6.45) is 4.10. The van der Waals surface area contributed by atoms with Gasteiger partial charge in [-0.05, 0) is 44.0 Å². The molecule has 2 aromatic rings. The van der Waals surface area contributed by atoms with Gasteiger partial charge in [0.1, 0.15) is 11.5 Å². The molecule has 1 aromatic heterocycles. The molecule has 0 saturated carbocycles. The van der Waals surface area contributed by atoms with Crippen molar-refractivity contribution >= 4 is 22.4 Å². The summed E-state index contributed by atoms with van der Waals surface area (Å²) in [5.41, 5.74) is 0.455. The van der Waals surface area contributed by atoms with E-state index in [9.17, 15) is 4.79 Å². The number of aromatic nitrogens is 1. The third kappa shape index (κ3) is 3.68. The molecule has 1 aromatic carbocycles. The van der Waals surface area contributed by atoms with Gasteiger partial charge in [-0.2, -0.15) is 0 Å². The highest BCUT2D eigenvalue weighted by atomic mass is 32.1. The van der Waals surface area contributed by atoms with Gasteiger partial charge in [0.15, 0.2) is 5.13 Å². The molecular formula is C17H21N3O3S. The predicted molar refractivity (Wildman–Crippen MR) is 94.5 cm³/mol. The number of benzene rings is 1. The number of hydrogen-bond donors (Lipinski definition) is 2. The number of nitrogens with zero attached hydrogens (tertiary/aromatic N) is 1. The molecule has 0 radical (unpaired) electrons. The zero-order chi connectivity index (χ0) is 16.9. The fraction of sp³-hybridized carbons (Fsp3) is 0.412. The van der Waals surface area contributed by atoms with E-state index in [1.807, 2.05) is 6.20 Å². The molecule has 1 saturated heterocycles. The number of carbonyl (C=O) groups excluding carboxylic acids is 1. The van der Waals surface area contributed by atoms with Crippen molar-refractivity contribution in [3.8, 4) is 11.5 Å². The summed E-state index contributed by atoms with van der Waals surface area (Å²) in [6.45, 7) is 2.07. The van der Waals surface area contributed by atoms with Crippen LogP contribution in [0.1, 0.15) is 34.0 Å². The number of methoxy groups -OCH3 is 2. The summed E-state index contributed by atoms with van der Waals surface area (Å²) < 4.78 is 10.4. The lowest BCUT2D eigenvalue weighted by atomic mass is 9.97. The maximum absolute atomic E-state index is 12.5. The third-order valence-corrected chi connectivity index (χ3v) is 5.21. The number of ether oxygens (including phenoxy) is 2. The highest BCUT2D eigenvalue weighted by Crippen LogP contribution is 2.32. The lowest BCUT2D eigenvalue weighted by molar-refractivity contribution is 0.102. The van der Waals surface area contributed by atoms with Crippen molar-refractivity contribution in [3.05, 3.63) is 34.8 Å². The van der Waals surface area contributed by atoms with E-state index in [1.54, 1.807) is 36.6 Å². The Morgan fingerprint density at radius 3 is 2.79 bits per heavy atom. The Bertz CT molecular complexity index is 711. The van der Waals surface area contributed by atoms with E-state index >= 15 is 0 Å². The van der Waals surface area contributed by atoms with Crippen LogP contribution >= 0.6 is 11.3 Å². The number of piperidine rings is 1. The van der Waals surface area contributed by atoms with Crippen LogP contribution in [0.5, 0.6) is 11.5 Å². The first-order chi connectivity index (χ1) is 11.7. The number of rotatable bonds is 5. The van der Waals surface area contributed by atoms with Crippen LogP contribution in [0, 0.1) is 0 Å². The Morgan fingerprint density at radius 2 is 2.08 bits per heavy atom. The van der Waals surface area contributed by atoms with Crippen molar-refractivity contribution in [1.82, 2.24) is 10.3 Å². The van der Waals surface area contributed by atoms with E-state index in [2.05, 4.69) is 15.6 Å². The van der Waals surface area contributed by atoms with Crippen molar-refractivity contribution in [3.63, 3.8) is 0 Å². The van der Waals surface area contributed by atoms with E-state index in [4.69, 9.17) is 9.47 Å². The maximum Gasteiger partial charge on any atom is 0.261 e. The minimum Gasteiger partial charge on any atom is -0.497 e. The molecule has 0 spiro atoms. The highest BCUT2D eigenvalue weighted by Gasteiger charge is 2.19. The lowest BCUT2D eigenvalue weighted by Crippen LogP contribution is -2.26. The molecule has 2 heterocycles. The van der Waals surface area contributed by atoms with Crippen molar-refractivity contribution in [2.75, 3.05) is 32.6 Å². The first-order valence-electron chi connectivity index (χ1n) is 7.91. The van der Waals surface area contributed by atoms with Crippen LogP contribution in [-0.2, 0) is 0 Å². The largest absolute Gasteiger partial charge is 0.497 e. The number of anilines is 1. The Balaban J connectivity index is 1.72. The molecule has 7 heteroatoms. The molecule has 2 N–H and O–H groups in total. The smallest absolute Gasteiger partial charge is 0.261 e. The van der Waals surface area contributed by atoms with E-state index in [-0.39, 0.29) is 5.91 Å². The summed E-state index contributed by atoms with van der Waals surface area (Å²) in [7, 11) is 3.11. The van der Waals surface area contributed by atoms with Gasteiger partial charge >= 0.3 is 0 Å². The van der Waals surface area contributed by atoms with Crippen molar-refractivity contribution in [2.45, 2.75) is 18.8 Å². The van der Waals surface area contributed by atoms with Crippen LogP contribution in [0.15, 0.2) is 24.4 Å². The molecule has 3 rings (SSSR count). The van der Waals surface area contributed by atoms with Crippen molar-refractivity contribution in [2.24, 2.45) is 0 Å². The number of thiazole rings is 1. The van der Waals surface area contributed by atoms with Crippen molar-refractivity contribution in [1.29, 1.82) is 0 Å². The van der Waals surface area contributed by atoms with E-state index in [1.165, 1.54) is 12.0 Å². The third-order valence-electron chi connectivity index (χ3n) is 4.14. The van der Waals surface area contributed by atoms with Crippen molar-refractivity contribution < 1.29 is 14.3 Å². The number of nitrogens with one attached hydrogen (secondary N) is 2. The maximum atomic E-state index is 12.5. The minimum atomic E-state index is -0.235. The van der Waals surface area contributed by atoms with E-state index in [0.29, 0.717) is 28.1 Å². The second-order valence-electron chi connectivity index (χ2n) is 5.61. The zero-order valence-corrected chi connectivity index (χ0v) is 14.6. The number of amides is 1. The van der Waals surface area contributed by atoms with E-state index < -0.39 is 0 Å². The quantitative estimate of drug-likeness (QED) is 0.870. The van der Waals surface area contributed by atoms with Gasteiger partial charge in [-0.25, -0.2) is 4.98 Å². The summed E-state index contributed by atoms with van der Waals surface area (Å²) in [5.74, 6) is 1.42. The van der Waals surface area contributed by atoms with Gasteiger partial charge in [-0.15, -0.1) is 11.3 Å². The second kappa shape index (κ2) is 7.63. The first-order valence-corrected chi connectivity index (χ1v) is 8.72. The fourth-order valence-electron chi connectivity index (χ4n) is 2.79.